The molecule has 5 unspecified atom stereocenters. The molecule has 2 aliphatic rings. The molecule has 4 N–H and O–H groups in total. The number of carbonyl (C=O) groups is 1. The number of halogens is 1. The van der Waals surface area contributed by atoms with E-state index in [4.69, 9.17) is 21.1 Å². The maximum absolute atomic E-state index is 11.3. The zero-order valence-corrected chi connectivity index (χ0v) is 18.8. The third-order valence-electron chi connectivity index (χ3n) is 6.24. The zero-order valence-electron chi connectivity index (χ0n) is 18.0. The second-order valence-corrected chi connectivity index (χ2v) is 8.83. The fourth-order valence-electron chi connectivity index (χ4n) is 4.36. The normalized spacial score (nSPS) is 29.2. The quantitative estimate of drug-likeness (QED) is 0.540. The fraction of sp³-hybridized carbons (Fsp3) is 0.458. The molecule has 1 saturated heterocycles. The van der Waals surface area contributed by atoms with Gasteiger partial charge in [-0.05, 0) is 47.2 Å². The van der Waals surface area contributed by atoms with E-state index in [1.807, 2.05) is 6.07 Å². The average molecular weight is 462 g/mol. The number of carbonyl (C=O) groups excluding carboxylic acids is 1. The Labute approximate surface area is 191 Å². The summed E-state index contributed by atoms with van der Waals surface area (Å²) in [4.78, 5) is 11.3. The van der Waals surface area contributed by atoms with Crippen molar-refractivity contribution >= 4 is 17.5 Å². The van der Waals surface area contributed by atoms with E-state index in [0.29, 0.717) is 17.0 Å². The first-order chi connectivity index (χ1) is 15.2. The molecule has 172 valence electrons. The fourth-order valence-corrected chi connectivity index (χ4v) is 4.61. The van der Waals surface area contributed by atoms with E-state index < -0.39 is 30.2 Å². The van der Waals surface area contributed by atoms with Crippen molar-refractivity contribution in [3.05, 3.63) is 69.2 Å². The average Bonchev–Trinajstić information content (AvgIpc) is 3.12. The van der Waals surface area contributed by atoms with Crippen LogP contribution in [0, 0.1) is 0 Å². The summed E-state index contributed by atoms with van der Waals surface area (Å²) < 4.78 is 11.9. The molecular formula is C24H28ClNO6. The highest BCUT2D eigenvalue weighted by Crippen LogP contribution is 2.47. The minimum Gasteiger partial charge on any atom is -0.388 e. The van der Waals surface area contributed by atoms with Crippen molar-refractivity contribution in [1.82, 2.24) is 5.32 Å². The summed E-state index contributed by atoms with van der Waals surface area (Å²) >= 11 is 6.55. The first kappa shape index (κ1) is 23.2. The third kappa shape index (κ3) is 4.17. The van der Waals surface area contributed by atoms with E-state index in [1.54, 1.807) is 6.07 Å². The summed E-state index contributed by atoms with van der Waals surface area (Å²) in [6.45, 7) is 3.54. The van der Waals surface area contributed by atoms with E-state index in [9.17, 15) is 20.1 Å². The van der Waals surface area contributed by atoms with Crippen molar-refractivity contribution in [2.24, 2.45) is 0 Å². The van der Waals surface area contributed by atoms with Gasteiger partial charge in [0.1, 0.15) is 24.4 Å². The number of hydrogen-bond donors (Lipinski definition) is 4. The van der Waals surface area contributed by atoms with Crippen LogP contribution in [0.3, 0.4) is 0 Å². The Morgan fingerprint density at radius 3 is 2.50 bits per heavy atom. The van der Waals surface area contributed by atoms with Gasteiger partial charge in [-0.1, -0.05) is 42.8 Å². The van der Waals surface area contributed by atoms with Crippen molar-refractivity contribution in [2.75, 3.05) is 6.54 Å². The molecule has 0 bridgehead atoms. The van der Waals surface area contributed by atoms with Gasteiger partial charge < -0.3 is 30.1 Å². The number of amides is 1. The molecule has 1 spiro atoms. The molecule has 0 aliphatic carbocycles. The highest BCUT2D eigenvalue weighted by molar-refractivity contribution is 6.31. The Morgan fingerprint density at radius 1 is 1.16 bits per heavy atom. The smallest absolute Gasteiger partial charge is 0.225 e. The Balaban J connectivity index is 1.67. The number of aliphatic hydroxyl groups excluding tert-OH is 3. The van der Waals surface area contributed by atoms with Crippen molar-refractivity contribution in [3.63, 3.8) is 0 Å². The molecule has 4 rings (SSSR count). The molecule has 8 heteroatoms. The van der Waals surface area contributed by atoms with E-state index in [2.05, 4.69) is 36.5 Å². The van der Waals surface area contributed by atoms with E-state index in [1.165, 1.54) is 12.5 Å². The predicted octanol–water partition coefficient (Wildman–Crippen LogP) is 1.79. The lowest BCUT2D eigenvalue weighted by Crippen LogP contribution is -2.64. The zero-order chi connectivity index (χ0) is 23.0. The summed E-state index contributed by atoms with van der Waals surface area (Å²) in [6.07, 6.45) is -3.87. The van der Waals surface area contributed by atoms with Crippen LogP contribution < -0.4 is 5.32 Å². The van der Waals surface area contributed by atoms with Gasteiger partial charge in [0, 0.05) is 24.1 Å². The van der Waals surface area contributed by atoms with Crippen LogP contribution in [-0.4, -0.2) is 52.2 Å². The summed E-state index contributed by atoms with van der Waals surface area (Å²) in [6, 6.07) is 11.9. The van der Waals surface area contributed by atoms with Gasteiger partial charge in [0.2, 0.25) is 11.7 Å². The molecule has 2 heterocycles. The van der Waals surface area contributed by atoms with Crippen LogP contribution in [0.25, 0.3) is 0 Å². The van der Waals surface area contributed by atoms with Gasteiger partial charge in [0.15, 0.2) is 0 Å². The van der Waals surface area contributed by atoms with Crippen molar-refractivity contribution in [3.8, 4) is 0 Å². The lowest BCUT2D eigenvalue weighted by molar-refractivity contribution is -0.364. The molecular weight excluding hydrogens is 434 g/mol. The maximum Gasteiger partial charge on any atom is 0.225 e. The van der Waals surface area contributed by atoms with Crippen molar-refractivity contribution in [2.45, 2.75) is 63.5 Å². The third-order valence-corrected chi connectivity index (χ3v) is 6.59. The Hall–Kier alpha value is -2.00. The first-order valence-corrected chi connectivity index (χ1v) is 11.1. The Bertz CT molecular complexity index is 997. The summed E-state index contributed by atoms with van der Waals surface area (Å²) in [5, 5.41) is 35.0. The number of hydrogen-bond acceptors (Lipinski definition) is 6. The van der Waals surface area contributed by atoms with Gasteiger partial charge in [-0.3, -0.25) is 4.79 Å². The topological polar surface area (TPSA) is 108 Å². The van der Waals surface area contributed by atoms with Crippen LogP contribution in [-0.2, 0) is 39.5 Å². The van der Waals surface area contributed by atoms with Crippen molar-refractivity contribution < 1.29 is 29.6 Å². The molecule has 5 atom stereocenters. The summed E-state index contributed by atoms with van der Waals surface area (Å²) in [7, 11) is 0. The monoisotopic (exact) mass is 461 g/mol. The standard InChI is InChI=1S/C24H28ClNO6/c1-3-14-4-6-15(7-5-14)8-16-9-18-17(10-19(16)25)12-31-24(18)23(30)22(29)21(28)20(32-24)11-26-13(2)27/h4-7,9-10,20-23,28-30H,3,8,11-12H2,1-2H3,(H,26,27). The molecule has 0 aromatic heterocycles. The number of nitrogens with one attached hydrogen (secondary N) is 1. The van der Waals surface area contributed by atoms with Gasteiger partial charge in [0.05, 0.1) is 6.61 Å². The number of rotatable bonds is 5. The van der Waals surface area contributed by atoms with Gasteiger partial charge in [-0.2, -0.15) is 0 Å². The summed E-state index contributed by atoms with van der Waals surface area (Å²) in [5.41, 5.74) is 4.46. The largest absolute Gasteiger partial charge is 0.388 e. The molecule has 1 amide bonds. The molecule has 0 radical (unpaired) electrons. The van der Waals surface area contributed by atoms with Crippen LogP contribution in [0.2, 0.25) is 5.02 Å². The van der Waals surface area contributed by atoms with Crippen LogP contribution in [0.4, 0.5) is 0 Å². The minimum absolute atomic E-state index is 0.0368. The minimum atomic E-state index is -1.66. The van der Waals surface area contributed by atoms with Gasteiger partial charge in [-0.25, -0.2) is 0 Å². The number of fused-ring (bicyclic) bond motifs is 2. The van der Waals surface area contributed by atoms with E-state index in [0.717, 1.165) is 23.1 Å². The van der Waals surface area contributed by atoms with E-state index in [-0.39, 0.29) is 19.1 Å². The molecule has 2 aliphatic heterocycles. The van der Waals surface area contributed by atoms with Gasteiger partial charge >= 0.3 is 0 Å². The van der Waals surface area contributed by atoms with Crippen LogP contribution in [0.1, 0.15) is 41.7 Å². The second kappa shape index (κ2) is 9.09. The molecule has 2 aromatic carbocycles. The number of aryl methyl sites for hydroxylation is 1. The number of ether oxygens (including phenoxy) is 2. The Kier molecular flexibility index (Phi) is 6.58. The number of benzene rings is 2. The SMILES string of the molecule is CCc1ccc(Cc2cc3c(cc2Cl)COC32OC(CNC(C)=O)C(O)C(O)C2O)cc1. The molecule has 32 heavy (non-hydrogen) atoms. The summed E-state index contributed by atoms with van der Waals surface area (Å²) in [5.74, 6) is -1.96. The molecule has 1 fully saturated rings. The molecule has 0 saturated carbocycles. The predicted molar refractivity (Wildman–Crippen MR) is 118 cm³/mol. The first-order valence-electron chi connectivity index (χ1n) is 10.7. The van der Waals surface area contributed by atoms with E-state index >= 15 is 0 Å². The molecule has 7 nitrogen and oxygen atoms in total. The van der Waals surface area contributed by atoms with Crippen LogP contribution in [0.15, 0.2) is 36.4 Å². The van der Waals surface area contributed by atoms with Crippen LogP contribution in [0.5, 0.6) is 0 Å². The highest BCUT2D eigenvalue weighted by atomic mass is 35.5. The number of aliphatic hydroxyl groups is 3. The lowest BCUT2D eigenvalue weighted by atomic mass is 9.86. The molecule has 2 aromatic rings. The highest BCUT2D eigenvalue weighted by Gasteiger charge is 2.58. The van der Waals surface area contributed by atoms with Gasteiger partial charge in [-0.15, -0.1) is 0 Å². The second-order valence-electron chi connectivity index (χ2n) is 8.42. The van der Waals surface area contributed by atoms with Crippen molar-refractivity contribution in [1.29, 1.82) is 0 Å². The maximum atomic E-state index is 11.3. The lowest BCUT2D eigenvalue weighted by Gasteiger charge is -2.46. The van der Waals surface area contributed by atoms with Crippen LogP contribution >= 0.6 is 11.6 Å². The van der Waals surface area contributed by atoms with Gasteiger partial charge in [0.25, 0.3) is 0 Å². The Morgan fingerprint density at radius 2 is 1.84 bits per heavy atom.